The number of rotatable bonds is 5. The Balaban J connectivity index is 2.17. The van der Waals surface area contributed by atoms with Gasteiger partial charge >= 0.3 is 0 Å². The van der Waals surface area contributed by atoms with E-state index >= 15 is 0 Å². The van der Waals surface area contributed by atoms with Gasteiger partial charge in [-0.1, -0.05) is 5.16 Å². The van der Waals surface area contributed by atoms with E-state index in [1.54, 1.807) is 13.0 Å². The van der Waals surface area contributed by atoms with Crippen LogP contribution in [0.15, 0.2) is 21.9 Å². The minimum Gasteiger partial charge on any atom is -0.343 e. The van der Waals surface area contributed by atoms with Crippen LogP contribution in [0.3, 0.4) is 0 Å². The average Bonchev–Trinajstić information content (AvgIpc) is 2.95. The number of nitrogens with one attached hydrogen (secondary N) is 1. The van der Waals surface area contributed by atoms with Gasteiger partial charge in [0.05, 0.1) is 11.4 Å². The molecule has 2 aromatic heterocycles. The molecule has 2 heterocycles. The third-order valence-corrected chi connectivity index (χ3v) is 4.97. The highest BCUT2D eigenvalue weighted by molar-refractivity contribution is 7.89. The summed E-state index contributed by atoms with van der Waals surface area (Å²) in [7, 11) is -3.57. The zero-order valence-corrected chi connectivity index (χ0v) is 11.2. The number of nitrogens with zero attached hydrogens (tertiary/aromatic N) is 2. The first-order valence-corrected chi connectivity index (χ1v) is 7.37. The third kappa shape index (κ3) is 2.75. The lowest BCUT2D eigenvalue weighted by Gasteiger charge is -2.03. The average molecular weight is 288 g/mol. The quantitative estimate of drug-likeness (QED) is 0.822. The summed E-state index contributed by atoms with van der Waals surface area (Å²) in [6, 6.07) is 1.58. The van der Waals surface area contributed by atoms with Crippen molar-refractivity contribution in [1.82, 2.24) is 14.9 Å². The van der Waals surface area contributed by atoms with Gasteiger partial charge in [-0.15, -0.1) is 11.3 Å². The van der Waals surface area contributed by atoms with Gasteiger partial charge in [0.15, 0.2) is 5.82 Å². The molecule has 0 aliphatic rings. The molecule has 0 aromatic carbocycles. The molecular formula is C9H12N4O3S2. The molecule has 0 spiro atoms. The fourth-order valence-electron chi connectivity index (χ4n) is 1.40. The Hall–Kier alpha value is -1.29. The topological polar surface area (TPSA) is 111 Å². The summed E-state index contributed by atoms with van der Waals surface area (Å²) in [6.07, 6.45) is 1.14. The summed E-state index contributed by atoms with van der Waals surface area (Å²) in [6.45, 7) is 2.06. The predicted molar refractivity (Wildman–Crippen MR) is 65.3 cm³/mol. The van der Waals surface area contributed by atoms with Gasteiger partial charge in [0.1, 0.15) is 0 Å². The smallest absolute Gasteiger partial charge is 0.242 e. The van der Waals surface area contributed by atoms with Crippen LogP contribution in [-0.2, 0) is 23.1 Å². The van der Waals surface area contributed by atoms with Crippen molar-refractivity contribution in [2.75, 3.05) is 0 Å². The SMILES string of the molecule is Cc1sc(CN)cc1S(=O)(=O)NCc1ncon1. The van der Waals surface area contributed by atoms with Crippen LogP contribution in [0.1, 0.15) is 15.6 Å². The summed E-state index contributed by atoms with van der Waals surface area (Å²) in [5, 5.41) is 3.53. The van der Waals surface area contributed by atoms with Gasteiger partial charge in [0.2, 0.25) is 16.4 Å². The molecule has 0 aliphatic heterocycles. The van der Waals surface area contributed by atoms with Gasteiger partial charge in [-0.25, -0.2) is 13.1 Å². The molecule has 0 saturated heterocycles. The number of nitrogens with two attached hydrogens (primary N) is 1. The van der Waals surface area contributed by atoms with Gasteiger partial charge in [-0.2, -0.15) is 4.98 Å². The molecule has 9 heteroatoms. The molecule has 3 N–H and O–H groups in total. The van der Waals surface area contributed by atoms with Crippen LogP contribution in [-0.4, -0.2) is 18.6 Å². The molecule has 0 fully saturated rings. The van der Waals surface area contributed by atoms with Crippen LogP contribution < -0.4 is 10.5 Å². The second-order valence-electron chi connectivity index (χ2n) is 3.51. The molecule has 0 unspecified atom stereocenters. The highest BCUT2D eigenvalue weighted by atomic mass is 32.2. The van der Waals surface area contributed by atoms with E-state index < -0.39 is 10.0 Å². The lowest BCUT2D eigenvalue weighted by Crippen LogP contribution is -2.24. The van der Waals surface area contributed by atoms with Gasteiger partial charge in [0.25, 0.3) is 0 Å². The van der Waals surface area contributed by atoms with E-state index in [0.29, 0.717) is 11.4 Å². The predicted octanol–water partition coefficient (Wildman–Crippen LogP) is 0.377. The summed E-state index contributed by atoms with van der Waals surface area (Å²) in [4.78, 5) is 5.51. The number of hydrogen-bond acceptors (Lipinski definition) is 7. The molecule has 2 aromatic rings. The monoisotopic (exact) mass is 288 g/mol. The number of aromatic nitrogens is 2. The van der Waals surface area contributed by atoms with Crippen LogP contribution in [0.5, 0.6) is 0 Å². The number of sulfonamides is 1. The lowest BCUT2D eigenvalue weighted by molar-refractivity contribution is 0.409. The molecule has 98 valence electrons. The maximum absolute atomic E-state index is 12.0. The van der Waals surface area contributed by atoms with E-state index in [1.807, 2.05) is 0 Å². The fraction of sp³-hybridized carbons (Fsp3) is 0.333. The van der Waals surface area contributed by atoms with Crippen LogP contribution in [0.4, 0.5) is 0 Å². The van der Waals surface area contributed by atoms with Crippen molar-refractivity contribution in [3.05, 3.63) is 28.0 Å². The van der Waals surface area contributed by atoms with Gasteiger partial charge < -0.3 is 10.3 Å². The van der Waals surface area contributed by atoms with Crippen molar-refractivity contribution < 1.29 is 12.9 Å². The minimum absolute atomic E-state index is 0.00786. The maximum atomic E-state index is 12.0. The first-order valence-electron chi connectivity index (χ1n) is 5.07. The Bertz CT molecular complexity index is 618. The molecule has 0 atom stereocenters. The molecule has 0 radical (unpaired) electrons. The zero-order chi connectivity index (χ0) is 13.2. The van der Waals surface area contributed by atoms with Crippen LogP contribution in [0.25, 0.3) is 0 Å². The first-order chi connectivity index (χ1) is 8.53. The van der Waals surface area contributed by atoms with E-state index in [9.17, 15) is 8.42 Å². The Morgan fingerprint density at radius 3 is 2.89 bits per heavy atom. The van der Waals surface area contributed by atoms with E-state index in [4.69, 9.17) is 5.73 Å². The highest BCUT2D eigenvalue weighted by Crippen LogP contribution is 2.25. The van der Waals surface area contributed by atoms with Gasteiger partial charge in [0, 0.05) is 16.3 Å². The highest BCUT2D eigenvalue weighted by Gasteiger charge is 2.19. The Labute approximate surface area is 108 Å². The van der Waals surface area contributed by atoms with Crippen molar-refractivity contribution in [2.45, 2.75) is 24.9 Å². The molecule has 7 nitrogen and oxygen atoms in total. The van der Waals surface area contributed by atoms with Crippen LogP contribution in [0, 0.1) is 6.92 Å². The molecule has 18 heavy (non-hydrogen) atoms. The van der Waals surface area contributed by atoms with Crippen LogP contribution >= 0.6 is 11.3 Å². The van der Waals surface area contributed by atoms with Crippen molar-refractivity contribution in [2.24, 2.45) is 5.73 Å². The van der Waals surface area contributed by atoms with E-state index in [1.165, 1.54) is 11.3 Å². The first kappa shape index (κ1) is 13.1. The zero-order valence-electron chi connectivity index (χ0n) is 9.58. The Morgan fingerprint density at radius 2 is 2.33 bits per heavy atom. The van der Waals surface area contributed by atoms with Crippen molar-refractivity contribution in [3.8, 4) is 0 Å². The second kappa shape index (κ2) is 5.14. The second-order valence-corrected chi connectivity index (χ2v) is 6.59. The molecule has 2 rings (SSSR count). The van der Waals surface area contributed by atoms with Crippen LogP contribution in [0.2, 0.25) is 0 Å². The van der Waals surface area contributed by atoms with E-state index in [0.717, 1.165) is 11.3 Å². The van der Waals surface area contributed by atoms with Crippen molar-refractivity contribution >= 4 is 21.4 Å². The molecule has 0 amide bonds. The normalized spacial score (nSPS) is 11.9. The fourth-order valence-corrected chi connectivity index (χ4v) is 3.89. The standard InChI is InChI=1S/C9H12N4O3S2/c1-6-8(2-7(3-10)17-6)18(14,15)12-4-9-11-5-16-13-9/h2,5,12H,3-4,10H2,1H3. The molecule has 0 aliphatic carbocycles. The largest absolute Gasteiger partial charge is 0.343 e. The number of aryl methyl sites for hydroxylation is 1. The lowest BCUT2D eigenvalue weighted by atomic mass is 10.4. The summed E-state index contributed by atoms with van der Waals surface area (Å²) < 4.78 is 31.0. The van der Waals surface area contributed by atoms with Crippen molar-refractivity contribution in [3.63, 3.8) is 0 Å². The number of hydrogen-bond donors (Lipinski definition) is 2. The minimum atomic E-state index is -3.57. The third-order valence-electron chi connectivity index (χ3n) is 2.24. The van der Waals surface area contributed by atoms with Gasteiger partial charge in [-0.05, 0) is 13.0 Å². The van der Waals surface area contributed by atoms with E-state index in [-0.39, 0.29) is 17.3 Å². The van der Waals surface area contributed by atoms with E-state index in [2.05, 4.69) is 19.4 Å². The maximum Gasteiger partial charge on any atom is 0.242 e. The molecule has 0 saturated carbocycles. The Morgan fingerprint density at radius 1 is 1.56 bits per heavy atom. The summed E-state index contributed by atoms with van der Waals surface area (Å²) in [5.41, 5.74) is 5.49. The van der Waals surface area contributed by atoms with Crippen molar-refractivity contribution in [1.29, 1.82) is 0 Å². The summed E-state index contributed by atoms with van der Waals surface area (Å²) in [5.74, 6) is 0.283. The molecule has 0 bridgehead atoms. The molecular weight excluding hydrogens is 276 g/mol. The number of thiophene rings is 1. The Kier molecular flexibility index (Phi) is 3.76. The van der Waals surface area contributed by atoms with Gasteiger partial charge in [-0.3, -0.25) is 0 Å². The summed E-state index contributed by atoms with van der Waals surface area (Å²) >= 11 is 1.37.